The molecule has 5 amide bonds. The number of carbonyl (C=O) groups is 5. The first-order valence-corrected chi connectivity index (χ1v) is 22.0. The van der Waals surface area contributed by atoms with Crippen LogP contribution < -0.4 is 16.0 Å². The van der Waals surface area contributed by atoms with Gasteiger partial charge in [-0.1, -0.05) is 12.1 Å². The number of alkyl halides is 3. The van der Waals surface area contributed by atoms with Crippen molar-refractivity contribution in [2.24, 2.45) is 17.3 Å². The molecule has 1 atom stereocenters. The molecule has 3 aliphatic heterocycles. The van der Waals surface area contributed by atoms with Gasteiger partial charge in [-0.2, -0.15) is 13.2 Å². The van der Waals surface area contributed by atoms with E-state index in [-0.39, 0.29) is 41.3 Å². The average molecular weight is 873 g/mol. The standard InChI is InChI=1S/C44H47F3N8O6S/c1-42(2,61)35-29(50-37(57)28-7-4-8-32(49-28)44(45,46)47)17-31-36(52-35)53-39(62-31)25-11-9-23(10-12-25)20-54-21-43(22-54)18-24(19-43)15-16-48-27-6-3-5-26-34(27)41(60)55(40(26)59)30-13-14-33(56)51-38(30)58/h3-8,17,23-25,30,48,61H,9-16,18-22H2,1-2H3,(H,50,57)(H,51,56,58)/t23-,25-,30?. The number of nitrogens with one attached hydrogen (secondary N) is 3. The molecular formula is C44H47F3N8O6S. The van der Waals surface area contributed by atoms with Crippen LogP contribution >= 0.6 is 11.3 Å². The number of aromatic nitrogens is 3. The van der Waals surface area contributed by atoms with Gasteiger partial charge in [0.1, 0.15) is 23.0 Å². The van der Waals surface area contributed by atoms with E-state index in [4.69, 9.17) is 4.98 Å². The lowest BCUT2D eigenvalue weighted by Gasteiger charge is -2.60. The van der Waals surface area contributed by atoms with Crippen LogP contribution in [0.2, 0.25) is 0 Å². The van der Waals surface area contributed by atoms with Crippen molar-refractivity contribution in [2.75, 3.05) is 36.8 Å². The third-order valence-corrected chi connectivity index (χ3v) is 14.3. The molecule has 4 N–H and O–H groups in total. The summed E-state index contributed by atoms with van der Waals surface area (Å²) in [6.07, 6.45) is 2.90. The van der Waals surface area contributed by atoms with Crippen LogP contribution in [-0.4, -0.2) is 91.6 Å². The molecule has 2 saturated carbocycles. The van der Waals surface area contributed by atoms with Gasteiger partial charge < -0.3 is 20.6 Å². The second-order valence-electron chi connectivity index (χ2n) is 18.2. The predicted molar refractivity (Wildman–Crippen MR) is 222 cm³/mol. The molecule has 6 heterocycles. The van der Waals surface area contributed by atoms with Crippen LogP contribution in [-0.2, 0) is 21.4 Å². The molecular weight excluding hydrogens is 826 g/mol. The Labute approximate surface area is 359 Å². The summed E-state index contributed by atoms with van der Waals surface area (Å²) in [6, 6.07) is 8.92. The molecule has 14 nitrogen and oxygen atoms in total. The maximum Gasteiger partial charge on any atom is 0.433 e. The van der Waals surface area contributed by atoms with E-state index >= 15 is 0 Å². The van der Waals surface area contributed by atoms with Gasteiger partial charge >= 0.3 is 6.18 Å². The Balaban J connectivity index is 0.735. The van der Waals surface area contributed by atoms with Crippen molar-refractivity contribution < 1.29 is 42.3 Å². The number of nitrogens with zero attached hydrogens (tertiary/aromatic N) is 5. The molecule has 9 rings (SSSR count). The number of rotatable bonds is 11. The van der Waals surface area contributed by atoms with E-state index in [1.807, 2.05) is 0 Å². The lowest BCUT2D eigenvalue weighted by Crippen LogP contribution is -2.63. The lowest BCUT2D eigenvalue weighted by molar-refractivity contribution is -0.141. The highest BCUT2D eigenvalue weighted by Crippen LogP contribution is 2.53. The molecule has 2 aliphatic carbocycles. The normalized spacial score (nSPS) is 23.0. The van der Waals surface area contributed by atoms with E-state index in [0.29, 0.717) is 39.8 Å². The molecule has 1 aromatic carbocycles. The highest BCUT2D eigenvalue weighted by molar-refractivity contribution is 7.18. The second-order valence-corrected chi connectivity index (χ2v) is 19.3. The second kappa shape index (κ2) is 15.8. The molecule has 4 fully saturated rings. The molecule has 0 radical (unpaired) electrons. The van der Waals surface area contributed by atoms with Crippen molar-refractivity contribution in [1.82, 2.24) is 30.1 Å². The zero-order chi connectivity index (χ0) is 43.7. The number of benzene rings is 1. The van der Waals surface area contributed by atoms with Gasteiger partial charge in [-0.05, 0) is 113 Å². The summed E-state index contributed by atoms with van der Waals surface area (Å²) in [5.74, 6) is -1.47. The quantitative estimate of drug-likeness (QED) is 0.121. The fourth-order valence-corrected chi connectivity index (χ4v) is 11.3. The largest absolute Gasteiger partial charge is 0.433 e. The molecule has 1 unspecified atom stereocenters. The summed E-state index contributed by atoms with van der Waals surface area (Å²) in [6.45, 7) is 6.98. The number of hydrogen-bond acceptors (Lipinski definition) is 12. The number of amides is 5. The van der Waals surface area contributed by atoms with Crippen molar-refractivity contribution in [2.45, 2.75) is 95.4 Å². The number of piperidine rings is 1. The number of likely N-dealkylation sites (tertiary alicyclic amines) is 1. The summed E-state index contributed by atoms with van der Waals surface area (Å²) < 4.78 is 40.5. The Hall–Kier alpha value is -5.33. The molecule has 4 aromatic rings. The van der Waals surface area contributed by atoms with Gasteiger partial charge in [-0.15, -0.1) is 11.3 Å². The van der Waals surface area contributed by atoms with Crippen LogP contribution in [0.25, 0.3) is 10.3 Å². The van der Waals surface area contributed by atoms with E-state index in [1.165, 1.54) is 44.1 Å². The summed E-state index contributed by atoms with van der Waals surface area (Å²) in [7, 11) is 0. The van der Waals surface area contributed by atoms with Gasteiger partial charge in [0, 0.05) is 44.2 Å². The van der Waals surface area contributed by atoms with Crippen molar-refractivity contribution in [3.8, 4) is 0 Å². The highest BCUT2D eigenvalue weighted by atomic mass is 32.1. The zero-order valence-corrected chi connectivity index (χ0v) is 35.1. The van der Waals surface area contributed by atoms with Gasteiger partial charge in [0.05, 0.1) is 32.2 Å². The van der Waals surface area contributed by atoms with Gasteiger partial charge in [-0.3, -0.25) is 34.2 Å². The number of anilines is 2. The van der Waals surface area contributed by atoms with Crippen LogP contribution in [0.4, 0.5) is 24.5 Å². The van der Waals surface area contributed by atoms with Crippen LogP contribution in [0, 0.1) is 17.3 Å². The molecule has 1 spiro atoms. The van der Waals surface area contributed by atoms with Crippen LogP contribution in [0.1, 0.15) is 125 Å². The molecule has 0 bridgehead atoms. The van der Waals surface area contributed by atoms with Gasteiger partial charge in [0.15, 0.2) is 5.65 Å². The van der Waals surface area contributed by atoms with E-state index in [9.17, 15) is 42.3 Å². The summed E-state index contributed by atoms with van der Waals surface area (Å²) in [5, 5.41) is 20.1. The molecule has 5 aliphatic rings. The first-order valence-electron chi connectivity index (χ1n) is 21.2. The van der Waals surface area contributed by atoms with E-state index in [2.05, 4.69) is 30.8 Å². The Kier molecular flexibility index (Phi) is 10.7. The van der Waals surface area contributed by atoms with Gasteiger partial charge in [-0.25, -0.2) is 15.0 Å². The maximum absolute atomic E-state index is 13.4. The molecule has 18 heteroatoms. The fraction of sp³-hybridized carbons (Fsp3) is 0.500. The third-order valence-electron chi connectivity index (χ3n) is 13.1. The van der Waals surface area contributed by atoms with Crippen LogP contribution in [0.3, 0.4) is 0 Å². The molecule has 2 saturated heterocycles. The zero-order valence-electron chi connectivity index (χ0n) is 34.3. The summed E-state index contributed by atoms with van der Waals surface area (Å²) in [4.78, 5) is 80.3. The number of thiazole rings is 1. The van der Waals surface area contributed by atoms with Gasteiger partial charge in [0.25, 0.3) is 17.7 Å². The average Bonchev–Trinajstić information content (AvgIpc) is 3.73. The van der Waals surface area contributed by atoms with E-state index < -0.39 is 58.7 Å². The number of aliphatic hydroxyl groups is 1. The van der Waals surface area contributed by atoms with Crippen LogP contribution in [0.15, 0.2) is 42.5 Å². The molecule has 62 heavy (non-hydrogen) atoms. The van der Waals surface area contributed by atoms with Crippen molar-refractivity contribution in [3.05, 3.63) is 75.7 Å². The minimum absolute atomic E-state index is 0.0743. The van der Waals surface area contributed by atoms with E-state index in [0.717, 1.165) is 73.8 Å². The fourth-order valence-electron chi connectivity index (χ4n) is 10.2. The minimum Gasteiger partial charge on any atom is -0.384 e. The number of pyridine rings is 2. The van der Waals surface area contributed by atoms with Crippen molar-refractivity contribution in [1.29, 1.82) is 0 Å². The monoisotopic (exact) mass is 872 g/mol. The topological polar surface area (TPSA) is 187 Å². The van der Waals surface area contributed by atoms with Crippen LogP contribution in [0.5, 0.6) is 0 Å². The van der Waals surface area contributed by atoms with E-state index in [1.54, 1.807) is 24.3 Å². The van der Waals surface area contributed by atoms with Crippen molar-refractivity contribution >= 4 is 62.6 Å². The molecule has 326 valence electrons. The highest BCUT2D eigenvalue weighted by Gasteiger charge is 2.52. The Morgan fingerprint density at radius 3 is 2.39 bits per heavy atom. The number of fused-ring (bicyclic) bond motifs is 2. The Morgan fingerprint density at radius 1 is 0.935 bits per heavy atom. The minimum atomic E-state index is -4.70. The Bertz CT molecular complexity index is 2480. The molecule has 3 aromatic heterocycles. The smallest absolute Gasteiger partial charge is 0.384 e. The number of imide groups is 2. The number of carbonyl (C=O) groups excluding carboxylic acids is 5. The Morgan fingerprint density at radius 2 is 1.68 bits per heavy atom. The first-order chi connectivity index (χ1) is 29.4. The van der Waals surface area contributed by atoms with Gasteiger partial charge in [0.2, 0.25) is 11.8 Å². The number of hydrogen-bond donors (Lipinski definition) is 4. The number of halogens is 3. The SMILES string of the molecule is CC(C)(O)c1nc2nc([C@H]3CC[C@H](CN4CC5(CC(CCNc6cccc7c6C(=O)N(C6CCC(=O)NC6=O)C7=O)C5)C4)CC3)sc2cc1NC(=O)c1cccc(C(F)(F)F)n1. The maximum atomic E-state index is 13.4. The summed E-state index contributed by atoms with van der Waals surface area (Å²) in [5.41, 5.74) is -0.762. The summed E-state index contributed by atoms with van der Waals surface area (Å²) >= 11 is 1.48. The lowest BCUT2D eigenvalue weighted by atomic mass is 9.57. The first kappa shape index (κ1) is 42.0. The predicted octanol–water partition coefficient (Wildman–Crippen LogP) is 6.47. The van der Waals surface area contributed by atoms with Crippen molar-refractivity contribution in [3.63, 3.8) is 0 Å². The third kappa shape index (κ3) is 8.07.